The first-order valence-corrected chi connectivity index (χ1v) is 13.3. The minimum atomic E-state index is -2.57. The monoisotopic (exact) mass is 384 g/mol. The number of hydrogen-bond acceptors (Lipinski definition) is 5. The quantitative estimate of drug-likeness (QED) is 0.627. The molecule has 0 N–H and O–H groups in total. The van der Waals surface area contributed by atoms with Gasteiger partial charge in [0.25, 0.3) is 8.32 Å². The molecule has 0 amide bonds. The fourth-order valence-electron chi connectivity index (χ4n) is 2.10. The lowest BCUT2D eigenvalue weighted by molar-refractivity contribution is 0.0712. The van der Waals surface area contributed by atoms with Crippen molar-refractivity contribution in [3.63, 3.8) is 0 Å². The van der Waals surface area contributed by atoms with E-state index in [4.69, 9.17) is 17.7 Å². The van der Waals surface area contributed by atoms with Gasteiger partial charge in [0.1, 0.15) is 0 Å². The van der Waals surface area contributed by atoms with E-state index >= 15 is 0 Å². The maximum atomic E-state index is 12.4. The third kappa shape index (κ3) is 5.75. The fraction of sp³-hybridized carbons (Fsp3) is 0.611. The first-order chi connectivity index (χ1) is 11.5. The second-order valence-electron chi connectivity index (χ2n) is 7.64. The van der Waals surface area contributed by atoms with Crippen LogP contribution in [-0.2, 0) is 24.1 Å². The van der Waals surface area contributed by atoms with Crippen LogP contribution in [0.25, 0.3) is 0 Å². The molecule has 142 valence electrons. The highest BCUT2D eigenvalue weighted by Gasteiger charge is 2.40. The minimum Gasteiger partial charge on any atom is -0.516 e. The van der Waals surface area contributed by atoms with E-state index in [2.05, 4.69) is 33.9 Å². The van der Waals surface area contributed by atoms with E-state index in [9.17, 15) is 4.79 Å². The normalized spacial score (nSPS) is 13.0. The average molecular weight is 385 g/mol. The lowest BCUT2D eigenvalue weighted by atomic mass is 10.1. The summed E-state index contributed by atoms with van der Waals surface area (Å²) >= 11 is 0. The van der Waals surface area contributed by atoms with Crippen LogP contribution < -0.4 is 0 Å². The van der Waals surface area contributed by atoms with Crippen molar-refractivity contribution in [2.45, 2.75) is 51.4 Å². The first kappa shape index (κ1) is 22.0. The van der Waals surface area contributed by atoms with Crippen molar-refractivity contribution in [3.05, 3.63) is 35.4 Å². The van der Waals surface area contributed by atoms with E-state index in [1.807, 2.05) is 24.3 Å². The number of carbonyl (C=O) groups excluding carboxylic acids is 1. The van der Waals surface area contributed by atoms with Crippen LogP contribution in [0.3, 0.4) is 0 Å². The van der Waals surface area contributed by atoms with Gasteiger partial charge >= 0.3 is 14.8 Å². The molecule has 0 unspecified atom stereocenters. The van der Waals surface area contributed by atoms with Crippen LogP contribution >= 0.6 is 0 Å². The van der Waals surface area contributed by atoms with Gasteiger partial charge in [-0.15, -0.1) is 0 Å². The van der Waals surface area contributed by atoms with E-state index in [1.54, 1.807) is 21.3 Å². The van der Waals surface area contributed by atoms with Crippen molar-refractivity contribution < 1.29 is 22.5 Å². The molecule has 1 aromatic rings. The van der Waals surface area contributed by atoms with Crippen molar-refractivity contribution in [2.75, 3.05) is 21.3 Å². The molecule has 0 bridgehead atoms. The largest absolute Gasteiger partial charge is 0.516 e. The molecule has 0 atom stereocenters. The molecule has 0 radical (unpaired) electrons. The van der Waals surface area contributed by atoms with E-state index in [0.29, 0.717) is 11.6 Å². The first-order valence-electron chi connectivity index (χ1n) is 8.48. The van der Waals surface area contributed by atoms with Crippen LogP contribution in [-0.4, -0.2) is 44.4 Å². The summed E-state index contributed by atoms with van der Waals surface area (Å²) in [5.74, 6) is -0.243. The molecule has 0 heterocycles. The Morgan fingerprint density at radius 1 is 0.960 bits per heavy atom. The summed E-state index contributed by atoms with van der Waals surface area (Å²) in [7, 11) is 0.144. The number of hydrogen-bond donors (Lipinski definition) is 0. The van der Waals surface area contributed by atoms with E-state index < -0.39 is 17.1 Å². The van der Waals surface area contributed by atoms with Crippen LogP contribution in [0, 0.1) is 0 Å². The van der Waals surface area contributed by atoms with Crippen LogP contribution in [0.2, 0.25) is 24.2 Å². The third-order valence-corrected chi connectivity index (χ3v) is 12.0. The van der Waals surface area contributed by atoms with Crippen LogP contribution in [0.15, 0.2) is 24.3 Å². The summed E-state index contributed by atoms with van der Waals surface area (Å²) in [5.41, 5.74) is 1.69. The molecule has 0 saturated carbocycles. The molecule has 0 aromatic heterocycles. The van der Waals surface area contributed by atoms with Crippen LogP contribution in [0.1, 0.15) is 36.7 Å². The smallest absolute Gasteiger partial charge is 0.500 e. The molecule has 1 rings (SSSR count). The lowest BCUT2D eigenvalue weighted by Crippen LogP contribution is -2.43. The highest BCUT2D eigenvalue weighted by molar-refractivity contribution is 6.75. The molecule has 0 fully saturated rings. The van der Waals surface area contributed by atoms with Gasteiger partial charge < -0.3 is 17.7 Å². The number of aryl methyl sites for hydroxylation is 1. The zero-order valence-electron chi connectivity index (χ0n) is 16.8. The Hall–Kier alpha value is -0.996. The Bertz CT molecular complexity index is 552. The Labute approximate surface area is 154 Å². The van der Waals surface area contributed by atoms with Gasteiger partial charge in [0, 0.05) is 27.4 Å². The van der Waals surface area contributed by atoms with E-state index in [1.165, 1.54) is 0 Å². The number of benzene rings is 1. The van der Waals surface area contributed by atoms with Crippen molar-refractivity contribution in [2.24, 2.45) is 0 Å². The molecule has 0 aliphatic rings. The van der Waals surface area contributed by atoms with Gasteiger partial charge in [-0.2, -0.15) is 0 Å². The van der Waals surface area contributed by atoms with Crippen LogP contribution in [0.5, 0.6) is 0 Å². The number of rotatable bonds is 8. The second kappa shape index (κ2) is 8.59. The Morgan fingerprint density at radius 2 is 1.44 bits per heavy atom. The van der Waals surface area contributed by atoms with Gasteiger partial charge in [-0.25, -0.2) is 4.79 Å². The summed E-state index contributed by atoms with van der Waals surface area (Å²) in [6, 6.07) is 8.22. The molecule has 0 aliphatic heterocycles. The summed E-state index contributed by atoms with van der Waals surface area (Å²) in [6.45, 7) is 10.5. The molecule has 7 heteroatoms. The zero-order chi connectivity index (χ0) is 19.3. The van der Waals surface area contributed by atoms with Crippen LogP contribution in [0.4, 0.5) is 0 Å². The third-order valence-electron chi connectivity index (χ3n) is 5.00. The minimum absolute atomic E-state index is 0.00296. The summed E-state index contributed by atoms with van der Waals surface area (Å²) < 4.78 is 22.1. The van der Waals surface area contributed by atoms with Gasteiger partial charge in [0.15, 0.2) is 0 Å². The summed E-state index contributed by atoms with van der Waals surface area (Å²) in [5, 5.41) is -0.00296. The predicted molar refractivity (Wildman–Crippen MR) is 104 cm³/mol. The van der Waals surface area contributed by atoms with E-state index in [0.717, 1.165) is 12.0 Å². The Morgan fingerprint density at radius 3 is 1.84 bits per heavy atom. The van der Waals surface area contributed by atoms with Crippen molar-refractivity contribution >= 4 is 23.1 Å². The zero-order valence-corrected chi connectivity index (χ0v) is 18.8. The molecule has 0 aliphatic carbocycles. The molecule has 0 spiro atoms. The molecular formula is C18H32O5Si2. The molecule has 25 heavy (non-hydrogen) atoms. The van der Waals surface area contributed by atoms with E-state index in [-0.39, 0.29) is 11.0 Å². The SMILES string of the molecule is CO[Si](CCc1ccc(C(=O)O[Si](C)(C)C(C)(C)C)cc1)(OC)OC. The fourth-order valence-corrected chi connectivity index (χ4v) is 4.70. The predicted octanol–water partition coefficient (Wildman–Crippen LogP) is 4.27. The Balaban J connectivity index is 2.75. The van der Waals surface area contributed by atoms with Gasteiger partial charge in [-0.05, 0) is 42.2 Å². The highest BCUT2D eigenvalue weighted by atomic mass is 28.4. The van der Waals surface area contributed by atoms with Crippen molar-refractivity contribution in [1.82, 2.24) is 0 Å². The molecule has 5 nitrogen and oxygen atoms in total. The standard InChI is InChI=1S/C18H32O5Si2/c1-18(2,3)24(7,8)23-17(19)16-11-9-15(10-12-16)13-14-25(20-4,21-5)22-6/h9-12H,13-14H2,1-8H3. The Kier molecular flexibility index (Phi) is 7.58. The molecule has 1 aromatic carbocycles. The average Bonchev–Trinajstić information content (AvgIpc) is 2.55. The molecule has 0 saturated heterocycles. The van der Waals surface area contributed by atoms with Gasteiger partial charge in [-0.3, -0.25) is 0 Å². The van der Waals surface area contributed by atoms with Crippen molar-refractivity contribution in [1.29, 1.82) is 0 Å². The second-order valence-corrected chi connectivity index (χ2v) is 15.5. The topological polar surface area (TPSA) is 54.0 Å². The summed E-state index contributed by atoms with van der Waals surface area (Å²) in [6.07, 6.45) is 0.763. The number of carbonyl (C=O) groups is 1. The van der Waals surface area contributed by atoms with Gasteiger partial charge in [0.2, 0.25) is 0 Å². The maximum Gasteiger partial charge on any atom is 0.500 e. The highest BCUT2D eigenvalue weighted by Crippen LogP contribution is 2.37. The van der Waals surface area contributed by atoms with Crippen molar-refractivity contribution in [3.8, 4) is 0 Å². The van der Waals surface area contributed by atoms with Gasteiger partial charge in [-0.1, -0.05) is 32.9 Å². The summed E-state index contributed by atoms with van der Waals surface area (Å²) in [4.78, 5) is 12.4. The molecular weight excluding hydrogens is 352 g/mol. The van der Waals surface area contributed by atoms with Gasteiger partial charge in [0.05, 0.1) is 5.56 Å². The lowest BCUT2D eigenvalue weighted by Gasteiger charge is -2.35. The maximum absolute atomic E-state index is 12.4.